The van der Waals surface area contributed by atoms with E-state index in [2.05, 4.69) is 5.32 Å². The van der Waals surface area contributed by atoms with E-state index in [1.807, 2.05) is 25.1 Å². The van der Waals surface area contributed by atoms with Gasteiger partial charge in [-0.3, -0.25) is 9.59 Å². The molecule has 0 saturated carbocycles. The van der Waals surface area contributed by atoms with Gasteiger partial charge in [0.15, 0.2) is 0 Å². The van der Waals surface area contributed by atoms with Crippen LogP contribution in [0.1, 0.15) is 32.3 Å². The molecular formula is C15H21ClN2O2. The number of amides is 2. The van der Waals surface area contributed by atoms with Crippen molar-refractivity contribution in [2.45, 2.75) is 33.2 Å². The standard InChI is InChI=1S/C15H21ClN2O2/c1-3-9-17-15(20)8-10-18(12(2)19)11-13-6-4-5-7-14(13)16/h4-7H,3,8-11H2,1-2H3,(H,17,20). The van der Waals surface area contributed by atoms with E-state index in [0.29, 0.717) is 31.1 Å². The van der Waals surface area contributed by atoms with Crippen LogP contribution in [0, 0.1) is 0 Å². The molecule has 0 aliphatic heterocycles. The third-order valence-electron chi connectivity index (χ3n) is 2.95. The first-order valence-electron chi connectivity index (χ1n) is 6.80. The van der Waals surface area contributed by atoms with E-state index >= 15 is 0 Å². The van der Waals surface area contributed by atoms with Crippen molar-refractivity contribution in [1.82, 2.24) is 10.2 Å². The van der Waals surface area contributed by atoms with Gasteiger partial charge < -0.3 is 10.2 Å². The van der Waals surface area contributed by atoms with Gasteiger partial charge in [0, 0.05) is 38.0 Å². The van der Waals surface area contributed by atoms with E-state index in [4.69, 9.17) is 11.6 Å². The molecule has 0 saturated heterocycles. The molecule has 1 aromatic carbocycles. The lowest BCUT2D eigenvalue weighted by Gasteiger charge is -2.21. The molecule has 5 heteroatoms. The first kappa shape index (κ1) is 16.5. The summed E-state index contributed by atoms with van der Waals surface area (Å²) in [7, 11) is 0. The van der Waals surface area contributed by atoms with Crippen LogP contribution in [-0.4, -0.2) is 29.8 Å². The third-order valence-corrected chi connectivity index (χ3v) is 3.31. The van der Waals surface area contributed by atoms with Crippen molar-refractivity contribution in [3.63, 3.8) is 0 Å². The summed E-state index contributed by atoms with van der Waals surface area (Å²) < 4.78 is 0. The van der Waals surface area contributed by atoms with Gasteiger partial charge in [-0.25, -0.2) is 0 Å². The second kappa shape index (κ2) is 8.59. The zero-order chi connectivity index (χ0) is 15.0. The van der Waals surface area contributed by atoms with Crippen molar-refractivity contribution in [3.8, 4) is 0 Å². The van der Waals surface area contributed by atoms with Gasteiger partial charge in [0.05, 0.1) is 0 Å². The molecule has 20 heavy (non-hydrogen) atoms. The van der Waals surface area contributed by atoms with Crippen LogP contribution >= 0.6 is 11.6 Å². The smallest absolute Gasteiger partial charge is 0.221 e. The van der Waals surface area contributed by atoms with E-state index in [1.165, 1.54) is 6.92 Å². The molecule has 0 radical (unpaired) electrons. The minimum Gasteiger partial charge on any atom is -0.356 e. The second-order valence-electron chi connectivity index (χ2n) is 4.63. The lowest BCUT2D eigenvalue weighted by Crippen LogP contribution is -2.33. The van der Waals surface area contributed by atoms with Crippen LogP contribution < -0.4 is 5.32 Å². The fourth-order valence-corrected chi connectivity index (χ4v) is 1.96. The number of benzene rings is 1. The molecular weight excluding hydrogens is 276 g/mol. The molecule has 1 rings (SSSR count). The number of hydrogen-bond donors (Lipinski definition) is 1. The van der Waals surface area contributed by atoms with Crippen molar-refractivity contribution in [2.75, 3.05) is 13.1 Å². The Bertz CT molecular complexity index is 463. The number of carbonyl (C=O) groups excluding carboxylic acids is 2. The molecule has 2 amide bonds. The quantitative estimate of drug-likeness (QED) is 0.841. The Morgan fingerprint density at radius 3 is 2.60 bits per heavy atom. The highest BCUT2D eigenvalue weighted by Crippen LogP contribution is 2.17. The van der Waals surface area contributed by atoms with Crippen LogP contribution in [0.5, 0.6) is 0 Å². The number of hydrogen-bond acceptors (Lipinski definition) is 2. The van der Waals surface area contributed by atoms with Gasteiger partial charge in [0.1, 0.15) is 0 Å². The van der Waals surface area contributed by atoms with E-state index in [1.54, 1.807) is 11.0 Å². The monoisotopic (exact) mass is 296 g/mol. The Balaban J connectivity index is 2.55. The summed E-state index contributed by atoms with van der Waals surface area (Å²) in [4.78, 5) is 24.8. The topological polar surface area (TPSA) is 49.4 Å². The Labute approximate surface area is 125 Å². The van der Waals surface area contributed by atoms with Crippen molar-refractivity contribution < 1.29 is 9.59 Å². The summed E-state index contributed by atoms with van der Waals surface area (Å²) in [5.74, 6) is -0.0922. The van der Waals surface area contributed by atoms with Gasteiger partial charge in [-0.15, -0.1) is 0 Å². The van der Waals surface area contributed by atoms with Crippen molar-refractivity contribution >= 4 is 23.4 Å². The SMILES string of the molecule is CCCNC(=O)CCN(Cc1ccccc1Cl)C(C)=O. The first-order chi connectivity index (χ1) is 9.54. The highest BCUT2D eigenvalue weighted by Gasteiger charge is 2.13. The minimum atomic E-state index is -0.0618. The second-order valence-corrected chi connectivity index (χ2v) is 5.04. The maximum Gasteiger partial charge on any atom is 0.221 e. The Hall–Kier alpha value is -1.55. The predicted octanol–water partition coefficient (Wildman–Crippen LogP) is 2.60. The van der Waals surface area contributed by atoms with Gasteiger partial charge in [0.2, 0.25) is 11.8 Å². The molecule has 110 valence electrons. The molecule has 0 spiro atoms. The molecule has 0 atom stereocenters. The van der Waals surface area contributed by atoms with Gasteiger partial charge >= 0.3 is 0 Å². The molecule has 1 N–H and O–H groups in total. The van der Waals surface area contributed by atoms with Crippen molar-refractivity contribution in [2.24, 2.45) is 0 Å². The van der Waals surface area contributed by atoms with Crippen LogP contribution in [0.2, 0.25) is 5.02 Å². The summed E-state index contributed by atoms with van der Waals surface area (Å²) in [5.41, 5.74) is 0.887. The van der Waals surface area contributed by atoms with Crippen molar-refractivity contribution in [1.29, 1.82) is 0 Å². The summed E-state index contributed by atoms with van der Waals surface area (Å²) in [6.45, 7) is 5.00. The largest absolute Gasteiger partial charge is 0.356 e. The summed E-state index contributed by atoms with van der Waals surface area (Å²) >= 11 is 6.09. The third kappa shape index (κ3) is 5.61. The van der Waals surface area contributed by atoms with Crippen molar-refractivity contribution in [3.05, 3.63) is 34.9 Å². The normalized spacial score (nSPS) is 10.2. The number of carbonyl (C=O) groups is 2. The van der Waals surface area contributed by atoms with Crippen LogP contribution in [0.15, 0.2) is 24.3 Å². The lowest BCUT2D eigenvalue weighted by molar-refractivity contribution is -0.130. The summed E-state index contributed by atoms with van der Waals surface area (Å²) in [5, 5.41) is 3.43. The van der Waals surface area contributed by atoms with Crippen LogP contribution in [-0.2, 0) is 16.1 Å². The highest BCUT2D eigenvalue weighted by molar-refractivity contribution is 6.31. The average molecular weight is 297 g/mol. The van der Waals surface area contributed by atoms with Gasteiger partial charge in [0.25, 0.3) is 0 Å². The number of nitrogens with one attached hydrogen (secondary N) is 1. The van der Waals surface area contributed by atoms with E-state index in [-0.39, 0.29) is 11.8 Å². The van der Waals surface area contributed by atoms with E-state index in [0.717, 1.165) is 12.0 Å². The first-order valence-corrected chi connectivity index (χ1v) is 7.18. The Morgan fingerprint density at radius 1 is 1.30 bits per heavy atom. The van der Waals surface area contributed by atoms with E-state index in [9.17, 15) is 9.59 Å². The zero-order valence-corrected chi connectivity index (χ0v) is 12.7. The highest BCUT2D eigenvalue weighted by atomic mass is 35.5. The molecule has 0 aliphatic carbocycles. The fourth-order valence-electron chi connectivity index (χ4n) is 1.77. The van der Waals surface area contributed by atoms with Gasteiger partial charge in [-0.1, -0.05) is 36.7 Å². The molecule has 1 aromatic rings. The molecule has 0 bridgehead atoms. The number of nitrogens with zero attached hydrogens (tertiary/aromatic N) is 1. The number of halogens is 1. The van der Waals surface area contributed by atoms with Crippen LogP contribution in [0.3, 0.4) is 0 Å². The maximum absolute atomic E-state index is 11.6. The molecule has 0 heterocycles. The maximum atomic E-state index is 11.6. The molecule has 0 unspecified atom stereocenters. The molecule has 0 aromatic heterocycles. The van der Waals surface area contributed by atoms with Gasteiger partial charge in [-0.2, -0.15) is 0 Å². The Morgan fingerprint density at radius 2 is 2.00 bits per heavy atom. The average Bonchev–Trinajstić information content (AvgIpc) is 2.42. The minimum absolute atomic E-state index is 0.0303. The number of rotatable bonds is 7. The molecule has 4 nitrogen and oxygen atoms in total. The van der Waals surface area contributed by atoms with Gasteiger partial charge in [-0.05, 0) is 18.1 Å². The van der Waals surface area contributed by atoms with Crippen LogP contribution in [0.4, 0.5) is 0 Å². The summed E-state index contributed by atoms with van der Waals surface area (Å²) in [6.07, 6.45) is 1.21. The fraction of sp³-hybridized carbons (Fsp3) is 0.467. The summed E-state index contributed by atoms with van der Waals surface area (Å²) in [6, 6.07) is 7.41. The zero-order valence-electron chi connectivity index (χ0n) is 12.0. The predicted molar refractivity (Wildman–Crippen MR) is 80.5 cm³/mol. The van der Waals surface area contributed by atoms with Crippen LogP contribution in [0.25, 0.3) is 0 Å². The Kier molecular flexibility index (Phi) is 7.09. The lowest BCUT2D eigenvalue weighted by atomic mass is 10.2. The van der Waals surface area contributed by atoms with E-state index < -0.39 is 0 Å². The molecule has 0 fully saturated rings. The molecule has 0 aliphatic rings.